The summed E-state index contributed by atoms with van der Waals surface area (Å²) in [6, 6.07) is 3.79. The van der Waals surface area contributed by atoms with Gasteiger partial charge in [0, 0.05) is 13.0 Å². The lowest BCUT2D eigenvalue weighted by molar-refractivity contribution is 0.375. The van der Waals surface area contributed by atoms with Crippen molar-refractivity contribution in [3.8, 4) is 11.4 Å². The summed E-state index contributed by atoms with van der Waals surface area (Å²) in [6.45, 7) is 1.17. The summed E-state index contributed by atoms with van der Waals surface area (Å²) in [5.41, 5.74) is 5.56. The number of nitrogens with two attached hydrogens (primary N) is 1. The molecule has 0 bridgehead atoms. The minimum atomic E-state index is -0.620. The van der Waals surface area contributed by atoms with Crippen LogP contribution in [0.3, 0.4) is 0 Å². The molecule has 0 fully saturated rings. The monoisotopic (exact) mass is 264 g/mol. The molecule has 1 atom stereocenters. The molecule has 0 amide bonds. The van der Waals surface area contributed by atoms with E-state index in [2.05, 4.69) is 10.2 Å². The molecule has 0 radical (unpaired) electrons. The Morgan fingerprint density at radius 1 is 1.26 bits per heavy atom. The van der Waals surface area contributed by atoms with E-state index in [4.69, 9.17) is 5.73 Å². The summed E-state index contributed by atoms with van der Waals surface area (Å²) in [5.74, 6) is 0.0818. The highest BCUT2D eigenvalue weighted by molar-refractivity contribution is 5.57. The summed E-state index contributed by atoms with van der Waals surface area (Å²) in [7, 11) is 0. The fourth-order valence-corrected chi connectivity index (χ4v) is 2.48. The molecule has 3 rings (SSSR count). The molecule has 4 nitrogen and oxygen atoms in total. The van der Waals surface area contributed by atoms with Gasteiger partial charge in [0.25, 0.3) is 0 Å². The molecular formula is C13H14F2N4. The molecule has 2 N–H and O–H groups in total. The minimum Gasteiger partial charge on any atom is -0.330 e. The third-order valence-electron chi connectivity index (χ3n) is 3.56. The maximum absolute atomic E-state index is 13.8. The molecule has 1 aromatic heterocycles. The zero-order valence-corrected chi connectivity index (χ0v) is 10.3. The second-order valence-corrected chi connectivity index (χ2v) is 4.79. The molecule has 1 aromatic carbocycles. The van der Waals surface area contributed by atoms with Crippen molar-refractivity contribution in [2.75, 3.05) is 6.54 Å². The van der Waals surface area contributed by atoms with E-state index in [0.29, 0.717) is 19.0 Å². The summed E-state index contributed by atoms with van der Waals surface area (Å²) < 4.78 is 29.4. The second-order valence-electron chi connectivity index (χ2n) is 4.79. The maximum atomic E-state index is 13.8. The number of aryl methyl sites for hydroxylation is 1. The molecule has 100 valence electrons. The highest BCUT2D eigenvalue weighted by atomic mass is 19.1. The topological polar surface area (TPSA) is 56.7 Å². The van der Waals surface area contributed by atoms with E-state index < -0.39 is 11.6 Å². The standard InChI is InChI=1S/C13H14F2N4/c14-9-2-1-3-10(15)12(9)13-18-17-11-5-4-8(6-16)7-19(11)13/h1-3,8H,4-7,16H2. The zero-order chi connectivity index (χ0) is 13.4. The third kappa shape index (κ3) is 2.02. The van der Waals surface area contributed by atoms with Crippen LogP contribution in [0, 0.1) is 17.6 Å². The first-order valence-electron chi connectivity index (χ1n) is 6.27. The van der Waals surface area contributed by atoms with Crippen LogP contribution >= 0.6 is 0 Å². The smallest absolute Gasteiger partial charge is 0.169 e. The van der Waals surface area contributed by atoms with Crippen LogP contribution in [0.5, 0.6) is 0 Å². The zero-order valence-electron chi connectivity index (χ0n) is 10.3. The van der Waals surface area contributed by atoms with E-state index in [1.165, 1.54) is 18.2 Å². The van der Waals surface area contributed by atoms with E-state index in [0.717, 1.165) is 18.7 Å². The van der Waals surface area contributed by atoms with E-state index in [1.54, 1.807) is 4.57 Å². The third-order valence-corrected chi connectivity index (χ3v) is 3.56. The van der Waals surface area contributed by atoms with Gasteiger partial charge in [-0.2, -0.15) is 0 Å². The predicted molar refractivity (Wildman–Crippen MR) is 66.2 cm³/mol. The molecule has 0 saturated carbocycles. The van der Waals surface area contributed by atoms with Crippen LogP contribution in [0.15, 0.2) is 18.2 Å². The SMILES string of the molecule is NCC1CCc2nnc(-c3c(F)cccc3F)n2C1. The first kappa shape index (κ1) is 12.2. The van der Waals surface area contributed by atoms with Crippen LogP contribution in [0.4, 0.5) is 8.78 Å². The highest BCUT2D eigenvalue weighted by Gasteiger charge is 2.25. The molecule has 0 spiro atoms. The van der Waals surface area contributed by atoms with Crippen LogP contribution in [0.2, 0.25) is 0 Å². The van der Waals surface area contributed by atoms with Gasteiger partial charge in [-0.3, -0.25) is 0 Å². The minimum absolute atomic E-state index is 0.112. The van der Waals surface area contributed by atoms with E-state index in [9.17, 15) is 8.78 Å². The van der Waals surface area contributed by atoms with Gasteiger partial charge in [0.05, 0.1) is 5.56 Å². The number of rotatable bonds is 2. The molecule has 1 aliphatic heterocycles. The van der Waals surface area contributed by atoms with E-state index in [-0.39, 0.29) is 11.4 Å². The van der Waals surface area contributed by atoms with E-state index >= 15 is 0 Å². The number of hydrogen-bond donors (Lipinski definition) is 1. The quantitative estimate of drug-likeness (QED) is 0.899. The van der Waals surface area contributed by atoms with E-state index in [1.807, 2.05) is 0 Å². The molecule has 1 unspecified atom stereocenters. The summed E-state index contributed by atoms with van der Waals surface area (Å²) in [5, 5.41) is 7.97. The average Bonchev–Trinajstić information content (AvgIpc) is 2.81. The van der Waals surface area contributed by atoms with Gasteiger partial charge in [0.15, 0.2) is 5.82 Å². The number of fused-ring (bicyclic) bond motifs is 1. The van der Waals surface area contributed by atoms with Crippen molar-refractivity contribution in [2.24, 2.45) is 11.7 Å². The molecule has 0 aliphatic carbocycles. The van der Waals surface area contributed by atoms with Gasteiger partial charge in [0.2, 0.25) is 0 Å². The summed E-state index contributed by atoms with van der Waals surface area (Å²) in [4.78, 5) is 0. The number of nitrogens with zero attached hydrogens (tertiary/aromatic N) is 3. The van der Waals surface area contributed by atoms with Crippen molar-refractivity contribution in [2.45, 2.75) is 19.4 Å². The molecule has 6 heteroatoms. The first-order chi connectivity index (χ1) is 9.20. The van der Waals surface area contributed by atoms with Crippen LogP contribution in [0.1, 0.15) is 12.2 Å². The Labute approximate surface area is 109 Å². The Morgan fingerprint density at radius 2 is 2.00 bits per heavy atom. The number of benzene rings is 1. The van der Waals surface area contributed by atoms with Crippen LogP contribution < -0.4 is 5.73 Å². The Morgan fingerprint density at radius 3 is 2.68 bits per heavy atom. The largest absolute Gasteiger partial charge is 0.330 e. The van der Waals surface area contributed by atoms with Gasteiger partial charge in [0.1, 0.15) is 17.5 Å². The molecular weight excluding hydrogens is 250 g/mol. The van der Waals surface area contributed by atoms with Crippen LogP contribution in [0.25, 0.3) is 11.4 Å². The lowest BCUT2D eigenvalue weighted by atomic mass is 9.99. The van der Waals surface area contributed by atoms with Crippen molar-refractivity contribution in [1.29, 1.82) is 0 Å². The van der Waals surface area contributed by atoms with Gasteiger partial charge >= 0.3 is 0 Å². The van der Waals surface area contributed by atoms with Gasteiger partial charge in [-0.25, -0.2) is 8.78 Å². The van der Waals surface area contributed by atoms with Crippen LogP contribution in [-0.2, 0) is 13.0 Å². The van der Waals surface area contributed by atoms with Gasteiger partial charge in [-0.15, -0.1) is 10.2 Å². The second kappa shape index (κ2) is 4.70. The maximum Gasteiger partial charge on any atom is 0.169 e. The fourth-order valence-electron chi connectivity index (χ4n) is 2.48. The lowest BCUT2D eigenvalue weighted by Gasteiger charge is -2.23. The molecule has 2 aromatic rings. The molecule has 2 heterocycles. The molecule has 0 saturated heterocycles. The van der Waals surface area contributed by atoms with Crippen molar-refractivity contribution in [3.05, 3.63) is 35.7 Å². The number of aromatic nitrogens is 3. The predicted octanol–water partition coefficient (Wildman–Crippen LogP) is 1.74. The van der Waals surface area contributed by atoms with Crippen molar-refractivity contribution in [3.63, 3.8) is 0 Å². The Hall–Kier alpha value is -1.82. The lowest BCUT2D eigenvalue weighted by Crippen LogP contribution is -2.27. The van der Waals surface area contributed by atoms with Crippen LogP contribution in [-0.4, -0.2) is 21.3 Å². The van der Waals surface area contributed by atoms with Gasteiger partial charge < -0.3 is 10.3 Å². The Balaban J connectivity index is 2.10. The Kier molecular flexibility index (Phi) is 3.02. The van der Waals surface area contributed by atoms with Gasteiger partial charge in [-0.1, -0.05) is 6.07 Å². The normalized spacial score (nSPS) is 18.4. The van der Waals surface area contributed by atoms with Crippen molar-refractivity contribution >= 4 is 0 Å². The Bertz CT molecular complexity index is 588. The average molecular weight is 264 g/mol. The highest BCUT2D eigenvalue weighted by Crippen LogP contribution is 2.28. The summed E-state index contributed by atoms with van der Waals surface area (Å²) in [6.07, 6.45) is 1.68. The first-order valence-corrected chi connectivity index (χ1v) is 6.27. The molecule has 19 heavy (non-hydrogen) atoms. The van der Waals surface area contributed by atoms with Gasteiger partial charge in [-0.05, 0) is 31.0 Å². The number of halogens is 2. The fraction of sp³-hybridized carbons (Fsp3) is 0.385. The summed E-state index contributed by atoms with van der Waals surface area (Å²) >= 11 is 0. The van der Waals surface area contributed by atoms with Crippen molar-refractivity contribution in [1.82, 2.24) is 14.8 Å². The van der Waals surface area contributed by atoms with Crippen molar-refractivity contribution < 1.29 is 8.78 Å². The molecule has 1 aliphatic rings. The number of hydrogen-bond acceptors (Lipinski definition) is 3.